The molecule has 0 aliphatic carbocycles. The molecule has 2 aromatic carbocycles. The molecule has 1 spiro atoms. The molecule has 2 heterocycles. The van der Waals surface area contributed by atoms with Crippen molar-refractivity contribution in [2.24, 2.45) is 0 Å². The Labute approximate surface area is 181 Å². The molecule has 0 aromatic heterocycles. The van der Waals surface area contributed by atoms with Crippen LogP contribution in [0.3, 0.4) is 0 Å². The molecule has 4 rings (SSSR count). The van der Waals surface area contributed by atoms with Crippen LogP contribution < -0.4 is 10.6 Å². The lowest BCUT2D eigenvalue weighted by molar-refractivity contribution is -0.137. The van der Waals surface area contributed by atoms with Gasteiger partial charge in [0.15, 0.2) is 0 Å². The van der Waals surface area contributed by atoms with E-state index in [9.17, 15) is 13.6 Å². The van der Waals surface area contributed by atoms with Crippen LogP contribution in [0.25, 0.3) is 0 Å². The maximum atomic E-state index is 14.6. The van der Waals surface area contributed by atoms with Crippen LogP contribution in [0.5, 0.6) is 0 Å². The number of amides is 1. The number of benzene rings is 2. The number of hydrogen-bond acceptors (Lipinski definition) is 4. The predicted molar refractivity (Wildman–Crippen MR) is 115 cm³/mol. The van der Waals surface area contributed by atoms with Gasteiger partial charge in [0.25, 0.3) is 5.91 Å². The molecule has 2 aromatic rings. The molecule has 8 heteroatoms. The van der Waals surface area contributed by atoms with Crippen LogP contribution >= 0.6 is 22.6 Å². The van der Waals surface area contributed by atoms with Crippen molar-refractivity contribution in [2.75, 3.05) is 31.6 Å². The Kier molecular flexibility index (Phi) is 5.76. The van der Waals surface area contributed by atoms with Gasteiger partial charge in [-0.1, -0.05) is 6.07 Å². The molecule has 0 saturated carbocycles. The van der Waals surface area contributed by atoms with Crippen molar-refractivity contribution in [1.82, 2.24) is 10.2 Å². The van der Waals surface area contributed by atoms with Crippen LogP contribution in [0.2, 0.25) is 0 Å². The largest absolute Gasteiger partial charge is 0.370 e. The smallest absolute Gasteiger partial charge is 0.256 e. The van der Waals surface area contributed by atoms with Gasteiger partial charge in [-0.15, -0.1) is 0 Å². The highest BCUT2D eigenvalue weighted by molar-refractivity contribution is 14.1. The van der Waals surface area contributed by atoms with Crippen molar-refractivity contribution >= 4 is 39.9 Å². The topological polar surface area (TPSA) is 53.6 Å². The number of nitrogens with zero attached hydrogens (tertiary/aromatic N) is 1. The van der Waals surface area contributed by atoms with Gasteiger partial charge in [-0.25, -0.2) is 8.78 Å². The summed E-state index contributed by atoms with van der Waals surface area (Å²) in [4.78, 5) is 14.7. The Balaban J connectivity index is 1.56. The van der Waals surface area contributed by atoms with Crippen molar-refractivity contribution in [3.05, 3.63) is 57.2 Å². The number of para-hydroxylation sites is 1. The summed E-state index contributed by atoms with van der Waals surface area (Å²) in [5.41, 5.74) is -0.136. The summed E-state index contributed by atoms with van der Waals surface area (Å²) in [5, 5.41) is 6.19. The molecule has 0 radical (unpaired) electrons. The Morgan fingerprint density at radius 3 is 2.83 bits per heavy atom. The molecular formula is C21H22F2IN3O2. The van der Waals surface area contributed by atoms with E-state index in [0.717, 1.165) is 16.5 Å². The highest BCUT2D eigenvalue weighted by Crippen LogP contribution is 2.34. The molecule has 2 aliphatic rings. The fourth-order valence-electron chi connectivity index (χ4n) is 3.81. The van der Waals surface area contributed by atoms with Crippen LogP contribution in [0.15, 0.2) is 36.4 Å². The zero-order chi connectivity index (χ0) is 20.6. The van der Waals surface area contributed by atoms with Crippen molar-refractivity contribution in [2.45, 2.75) is 25.0 Å². The normalized spacial score (nSPS) is 20.8. The number of rotatable bonds is 3. The third-order valence-corrected chi connectivity index (χ3v) is 6.26. The molecule has 1 atom stereocenters. The lowest BCUT2D eigenvalue weighted by atomic mass is 9.86. The van der Waals surface area contributed by atoms with Crippen LogP contribution in [-0.2, 0) is 4.74 Å². The molecule has 0 bridgehead atoms. The van der Waals surface area contributed by atoms with E-state index < -0.39 is 17.2 Å². The molecule has 2 N–H and O–H groups in total. The summed E-state index contributed by atoms with van der Waals surface area (Å²) in [5.74, 6) is -1.42. The van der Waals surface area contributed by atoms with E-state index in [1.54, 1.807) is 17.0 Å². The Hall–Kier alpha value is -1.78. The zero-order valence-corrected chi connectivity index (χ0v) is 18.1. The van der Waals surface area contributed by atoms with E-state index in [2.05, 4.69) is 17.6 Å². The summed E-state index contributed by atoms with van der Waals surface area (Å²) in [7, 11) is 0. The third kappa shape index (κ3) is 3.97. The second kappa shape index (κ2) is 8.16. The number of halogens is 3. The maximum absolute atomic E-state index is 14.6. The van der Waals surface area contributed by atoms with Gasteiger partial charge in [0, 0.05) is 16.2 Å². The van der Waals surface area contributed by atoms with Gasteiger partial charge in [-0.3, -0.25) is 4.79 Å². The monoisotopic (exact) mass is 513 g/mol. The van der Waals surface area contributed by atoms with Gasteiger partial charge in [0.05, 0.1) is 30.0 Å². The number of anilines is 2. The molecular weight excluding hydrogens is 491 g/mol. The first-order valence-electron chi connectivity index (χ1n) is 9.57. The van der Waals surface area contributed by atoms with Crippen LogP contribution in [0.1, 0.15) is 23.7 Å². The van der Waals surface area contributed by atoms with E-state index in [-0.39, 0.29) is 28.9 Å². The molecule has 2 aliphatic heterocycles. The van der Waals surface area contributed by atoms with Gasteiger partial charge >= 0.3 is 0 Å². The van der Waals surface area contributed by atoms with Crippen molar-refractivity contribution in [3.63, 3.8) is 0 Å². The predicted octanol–water partition coefficient (Wildman–Crippen LogP) is 3.91. The average Bonchev–Trinajstić information content (AvgIpc) is 2.85. The second-order valence-electron chi connectivity index (χ2n) is 7.52. The van der Waals surface area contributed by atoms with Crippen molar-refractivity contribution in [3.8, 4) is 0 Å². The van der Waals surface area contributed by atoms with E-state index in [1.807, 2.05) is 22.6 Å². The first kappa shape index (κ1) is 20.5. The van der Waals surface area contributed by atoms with E-state index in [1.165, 1.54) is 24.3 Å². The number of hydrogen-bond donors (Lipinski definition) is 2. The molecule has 0 unspecified atom stereocenters. The minimum Gasteiger partial charge on any atom is -0.370 e. The van der Waals surface area contributed by atoms with Gasteiger partial charge in [0.2, 0.25) is 0 Å². The Bertz CT molecular complexity index is 934. The lowest BCUT2D eigenvalue weighted by Gasteiger charge is -2.52. The molecule has 29 heavy (non-hydrogen) atoms. The minimum absolute atomic E-state index is 0.0217. The minimum atomic E-state index is -0.607. The first-order valence-corrected chi connectivity index (χ1v) is 10.6. The van der Waals surface area contributed by atoms with Gasteiger partial charge in [-0.05, 0) is 72.8 Å². The number of likely N-dealkylation sites (tertiary alicyclic amines) is 1. The standard InChI is InChI=1S/C21H22F2IN3O2/c1-13-21(29-9-3-8-25-13)11-27(12-21)20(28)15-4-2-5-16(22)19(15)26-18-7-6-14(24)10-17(18)23/h2,4-7,10,13,25-26H,3,8-9,11-12H2,1H3/t13-/m0/s1. The SMILES string of the molecule is C[C@@H]1NCCCOC12CN(C(=O)c1cccc(F)c1Nc1ccc(I)cc1F)C2. The summed E-state index contributed by atoms with van der Waals surface area (Å²) < 4.78 is 35.6. The Morgan fingerprint density at radius 1 is 1.28 bits per heavy atom. The van der Waals surface area contributed by atoms with Crippen molar-refractivity contribution < 1.29 is 18.3 Å². The third-order valence-electron chi connectivity index (χ3n) is 5.59. The van der Waals surface area contributed by atoms with E-state index in [0.29, 0.717) is 19.7 Å². The van der Waals surface area contributed by atoms with Crippen molar-refractivity contribution in [1.29, 1.82) is 0 Å². The first-order chi connectivity index (χ1) is 13.9. The number of carbonyl (C=O) groups excluding carboxylic acids is 1. The molecule has 154 valence electrons. The highest BCUT2D eigenvalue weighted by atomic mass is 127. The molecule has 2 saturated heterocycles. The van der Waals surface area contributed by atoms with Gasteiger partial charge < -0.3 is 20.3 Å². The Morgan fingerprint density at radius 2 is 2.07 bits per heavy atom. The fraction of sp³-hybridized carbons (Fsp3) is 0.381. The average molecular weight is 513 g/mol. The molecule has 5 nitrogen and oxygen atoms in total. The summed E-state index contributed by atoms with van der Waals surface area (Å²) in [6.07, 6.45) is 0.930. The molecule has 2 fully saturated rings. The fourth-order valence-corrected chi connectivity index (χ4v) is 4.26. The summed E-state index contributed by atoms with van der Waals surface area (Å²) in [6.45, 7) is 4.47. The van der Waals surface area contributed by atoms with Gasteiger partial charge in [0.1, 0.15) is 17.2 Å². The number of nitrogens with one attached hydrogen (secondary N) is 2. The van der Waals surface area contributed by atoms with E-state index >= 15 is 0 Å². The highest BCUT2D eigenvalue weighted by Gasteiger charge is 2.51. The lowest BCUT2D eigenvalue weighted by Crippen LogP contribution is -2.71. The summed E-state index contributed by atoms with van der Waals surface area (Å²) in [6, 6.07) is 9.01. The second-order valence-corrected chi connectivity index (χ2v) is 8.76. The quantitative estimate of drug-likeness (QED) is 0.612. The zero-order valence-electron chi connectivity index (χ0n) is 16.0. The maximum Gasteiger partial charge on any atom is 0.256 e. The van der Waals surface area contributed by atoms with Crippen LogP contribution in [0.4, 0.5) is 20.2 Å². The summed E-state index contributed by atoms with van der Waals surface area (Å²) >= 11 is 2.00. The molecule has 1 amide bonds. The number of carbonyl (C=O) groups is 1. The van der Waals surface area contributed by atoms with Gasteiger partial charge in [-0.2, -0.15) is 0 Å². The van der Waals surface area contributed by atoms with Crippen LogP contribution in [-0.4, -0.2) is 48.7 Å². The number of ether oxygens (including phenoxy) is 1. The van der Waals surface area contributed by atoms with Crippen LogP contribution in [0, 0.1) is 15.2 Å². The van der Waals surface area contributed by atoms with E-state index in [4.69, 9.17) is 4.74 Å².